The molecule has 1 amide bonds. The van der Waals surface area contributed by atoms with E-state index in [4.69, 9.17) is 0 Å². The number of carbonyl (C=O) groups is 2. The molecule has 31 heavy (non-hydrogen) atoms. The third-order valence-corrected chi connectivity index (χ3v) is 4.78. The maximum Gasteiger partial charge on any atom is 0.325 e. The molecule has 0 spiro atoms. The van der Waals surface area contributed by atoms with Gasteiger partial charge in [-0.05, 0) is 23.8 Å². The fourth-order valence-electron chi connectivity index (χ4n) is 3.35. The van der Waals surface area contributed by atoms with Crippen molar-refractivity contribution in [3.8, 4) is 0 Å². The molecule has 2 aromatic carbocycles. The average molecular weight is 419 g/mol. The number of aromatic nitrogens is 4. The van der Waals surface area contributed by atoms with Crippen molar-refractivity contribution in [1.82, 2.24) is 19.5 Å². The number of benzene rings is 2. The SMILES string of the molecule is O=C(O)CC(c1ccccc1)n1cnc2cc(NC(=O)c3c[nH]c(=O)[nH]c3=O)ccc21. The Morgan fingerprint density at radius 2 is 1.90 bits per heavy atom. The largest absolute Gasteiger partial charge is 0.481 e. The van der Waals surface area contributed by atoms with Gasteiger partial charge in [0.05, 0.1) is 29.8 Å². The monoisotopic (exact) mass is 419 g/mol. The van der Waals surface area contributed by atoms with Crippen LogP contribution >= 0.6 is 0 Å². The second-order valence-electron chi connectivity index (χ2n) is 6.82. The summed E-state index contributed by atoms with van der Waals surface area (Å²) in [5, 5.41) is 12.0. The minimum atomic E-state index is -0.939. The van der Waals surface area contributed by atoms with Crippen LogP contribution in [0.25, 0.3) is 11.0 Å². The van der Waals surface area contributed by atoms with Crippen molar-refractivity contribution in [3.63, 3.8) is 0 Å². The summed E-state index contributed by atoms with van der Waals surface area (Å²) in [5.41, 5.74) is 0.709. The maximum absolute atomic E-state index is 12.4. The lowest BCUT2D eigenvalue weighted by molar-refractivity contribution is -0.137. The van der Waals surface area contributed by atoms with E-state index in [0.29, 0.717) is 16.7 Å². The lowest BCUT2D eigenvalue weighted by atomic mass is 10.0. The van der Waals surface area contributed by atoms with Crippen molar-refractivity contribution in [1.29, 1.82) is 0 Å². The molecule has 1 unspecified atom stereocenters. The van der Waals surface area contributed by atoms with Crippen LogP contribution in [0.5, 0.6) is 0 Å². The second-order valence-corrected chi connectivity index (χ2v) is 6.82. The molecule has 4 N–H and O–H groups in total. The van der Waals surface area contributed by atoms with Crippen molar-refractivity contribution < 1.29 is 14.7 Å². The van der Waals surface area contributed by atoms with Crippen LogP contribution in [0.15, 0.2) is 70.6 Å². The molecule has 0 fully saturated rings. The summed E-state index contributed by atoms with van der Waals surface area (Å²) in [6, 6.07) is 13.8. The van der Waals surface area contributed by atoms with Crippen LogP contribution in [0.3, 0.4) is 0 Å². The first-order valence-corrected chi connectivity index (χ1v) is 9.29. The van der Waals surface area contributed by atoms with Gasteiger partial charge in [-0.25, -0.2) is 9.78 Å². The van der Waals surface area contributed by atoms with Gasteiger partial charge >= 0.3 is 11.7 Å². The molecule has 0 saturated heterocycles. The number of anilines is 1. The highest BCUT2D eigenvalue weighted by atomic mass is 16.4. The molecule has 0 aliphatic rings. The number of nitrogens with one attached hydrogen (secondary N) is 3. The summed E-state index contributed by atoms with van der Waals surface area (Å²) in [7, 11) is 0. The van der Waals surface area contributed by atoms with Gasteiger partial charge < -0.3 is 20.0 Å². The first-order chi connectivity index (χ1) is 14.9. The van der Waals surface area contributed by atoms with Crippen molar-refractivity contribution in [2.24, 2.45) is 0 Å². The molecule has 0 radical (unpaired) electrons. The van der Waals surface area contributed by atoms with Crippen LogP contribution < -0.4 is 16.6 Å². The van der Waals surface area contributed by atoms with Gasteiger partial charge in [0.25, 0.3) is 11.5 Å². The van der Waals surface area contributed by atoms with E-state index in [1.54, 1.807) is 29.1 Å². The van der Waals surface area contributed by atoms with Crippen molar-refractivity contribution >= 4 is 28.6 Å². The third-order valence-electron chi connectivity index (χ3n) is 4.78. The Hall–Kier alpha value is -4.47. The molecule has 0 aliphatic heterocycles. The molecule has 4 rings (SSSR count). The standard InChI is InChI=1S/C21H17N5O5/c27-18(28)9-17(12-4-2-1-3-5-12)26-11-23-15-8-13(6-7-16(15)26)24-19(29)14-10-22-21(31)25-20(14)30/h1-8,10-11,17H,9H2,(H,24,29)(H,27,28)(H2,22,25,30,31). The highest BCUT2D eigenvalue weighted by molar-refractivity contribution is 6.04. The maximum atomic E-state index is 12.4. The molecule has 2 heterocycles. The number of hydrogen-bond donors (Lipinski definition) is 4. The van der Waals surface area contributed by atoms with Crippen molar-refractivity contribution in [2.75, 3.05) is 5.32 Å². The number of aromatic amines is 2. The number of imidazole rings is 1. The van der Waals surface area contributed by atoms with E-state index in [1.807, 2.05) is 35.3 Å². The fourth-order valence-corrected chi connectivity index (χ4v) is 3.35. The van der Waals surface area contributed by atoms with E-state index >= 15 is 0 Å². The number of nitrogens with zero attached hydrogens (tertiary/aromatic N) is 2. The van der Waals surface area contributed by atoms with Gasteiger partial charge in [0, 0.05) is 11.9 Å². The van der Waals surface area contributed by atoms with Gasteiger partial charge in [-0.1, -0.05) is 30.3 Å². The summed E-state index contributed by atoms with van der Waals surface area (Å²) >= 11 is 0. The molecule has 10 heteroatoms. The zero-order valence-corrected chi connectivity index (χ0v) is 16.0. The minimum absolute atomic E-state index is 0.122. The van der Waals surface area contributed by atoms with Crippen LogP contribution in [0.2, 0.25) is 0 Å². The molecular weight excluding hydrogens is 402 g/mol. The Morgan fingerprint density at radius 1 is 1.13 bits per heavy atom. The lowest BCUT2D eigenvalue weighted by Crippen LogP contribution is -2.29. The third kappa shape index (κ3) is 4.13. The fraction of sp³-hybridized carbons (Fsp3) is 0.0952. The number of fused-ring (bicyclic) bond motifs is 1. The Labute approximate surface area is 174 Å². The molecule has 1 atom stereocenters. The molecule has 2 aromatic heterocycles. The van der Waals surface area contributed by atoms with Crippen LogP contribution in [0, 0.1) is 0 Å². The summed E-state index contributed by atoms with van der Waals surface area (Å²) < 4.78 is 1.77. The Morgan fingerprint density at radius 3 is 2.61 bits per heavy atom. The summed E-state index contributed by atoms with van der Waals surface area (Å²) in [6.07, 6.45) is 2.48. The van der Waals surface area contributed by atoms with Crippen LogP contribution in [0.1, 0.15) is 28.4 Å². The van der Waals surface area contributed by atoms with E-state index in [9.17, 15) is 24.3 Å². The first-order valence-electron chi connectivity index (χ1n) is 9.29. The number of hydrogen-bond acceptors (Lipinski definition) is 5. The van der Waals surface area contributed by atoms with Gasteiger partial charge in [0.15, 0.2) is 0 Å². The topological polar surface area (TPSA) is 150 Å². The Bertz CT molecular complexity index is 1390. The van der Waals surface area contributed by atoms with Crippen molar-refractivity contribution in [2.45, 2.75) is 12.5 Å². The summed E-state index contributed by atoms with van der Waals surface area (Å²) in [4.78, 5) is 55.3. The molecule has 156 valence electrons. The molecule has 0 saturated carbocycles. The average Bonchev–Trinajstić information content (AvgIpc) is 3.15. The summed E-state index contributed by atoms with van der Waals surface area (Å²) in [5.74, 6) is -1.63. The quantitative estimate of drug-likeness (QED) is 0.374. The van der Waals surface area contributed by atoms with Gasteiger partial charge in [-0.2, -0.15) is 0 Å². The van der Waals surface area contributed by atoms with Gasteiger partial charge in [0.2, 0.25) is 0 Å². The number of carbonyl (C=O) groups excluding carboxylic acids is 1. The Kier molecular flexibility index (Phi) is 5.19. The zero-order chi connectivity index (χ0) is 22.0. The van der Waals surface area contributed by atoms with Gasteiger partial charge in [0.1, 0.15) is 5.56 Å². The van der Waals surface area contributed by atoms with E-state index < -0.39 is 29.2 Å². The number of carboxylic acid groups (broad SMARTS) is 1. The predicted octanol–water partition coefficient (Wildman–Crippen LogP) is 1.73. The van der Waals surface area contributed by atoms with E-state index in [1.165, 1.54) is 0 Å². The molecule has 0 aliphatic carbocycles. The number of aliphatic carboxylic acids is 1. The predicted molar refractivity (Wildman–Crippen MR) is 112 cm³/mol. The number of carboxylic acids is 1. The normalized spacial score (nSPS) is 11.9. The zero-order valence-electron chi connectivity index (χ0n) is 16.0. The van der Waals surface area contributed by atoms with Gasteiger partial charge in [-0.3, -0.25) is 19.4 Å². The lowest BCUT2D eigenvalue weighted by Gasteiger charge is -2.18. The number of amides is 1. The van der Waals surface area contributed by atoms with Crippen LogP contribution in [-0.4, -0.2) is 36.5 Å². The molecule has 10 nitrogen and oxygen atoms in total. The van der Waals surface area contributed by atoms with Gasteiger partial charge in [-0.15, -0.1) is 0 Å². The molecule has 0 bridgehead atoms. The minimum Gasteiger partial charge on any atom is -0.481 e. The highest BCUT2D eigenvalue weighted by Gasteiger charge is 2.20. The Balaban J connectivity index is 1.66. The smallest absolute Gasteiger partial charge is 0.325 e. The number of H-pyrrole nitrogens is 2. The van der Waals surface area contributed by atoms with E-state index in [2.05, 4.69) is 15.3 Å². The molecular formula is C21H17N5O5. The first kappa shape index (κ1) is 19.8. The van der Waals surface area contributed by atoms with Crippen LogP contribution in [-0.2, 0) is 4.79 Å². The molecule has 4 aromatic rings. The highest BCUT2D eigenvalue weighted by Crippen LogP contribution is 2.28. The van der Waals surface area contributed by atoms with Crippen LogP contribution in [0.4, 0.5) is 5.69 Å². The second kappa shape index (κ2) is 8.11. The number of rotatable bonds is 6. The van der Waals surface area contributed by atoms with E-state index in [0.717, 1.165) is 11.8 Å². The van der Waals surface area contributed by atoms with E-state index in [-0.39, 0.29) is 12.0 Å². The summed E-state index contributed by atoms with van der Waals surface area (Å²) in [6.45, 7) is 0. The van der Waals surface area contributed by atoms with Crippen molar-refractivity contribution in [3.05, 3.63) is 93.0 Å².